The van der Waals surface area contributed by atoms with Crippen LogP contribution in [0.1, 0.15) is 0 Å². The Kier molecular flexibility index (Phi) is 8.10. The quantitative estimate of drug-likeness (QED) is 0.158. The average Bonchev–Trinajstić information content (AvgIpc) is 3.69. The van der Waals surface area contributed by atoms with E-state index in [4.69, 9.17) is 15.0 Å². The number of rotatable bonds is 6. The fraction of sp³-hybridized carbons (Fsp3) is 0. The molecule has 0 spiro atoms. The molecule has 0 bridgehead atoms. The summed E-state index contributed by atoms with van der Waals surface area (Å²) in [6.45, 7) is 0. The SMILES string of the molecule is c1ccc(-c2nc(-c3ccc(-c4ccncc4)cc3)nc(-c3ccc(-c4ccc5c(c4)c4ccccc4c4ccc6c7ccccc7n(-c7ccccc7)c6c45)cc3)n2)cc1. The summed E-state index contributed by atoms with van der Waals surface area (Å²) in [5.41, 5.74) is 10.9. The smallest absolute Gasteiger partial charge is 0.164 e. The van der Waals surface area contributed by atoms with Gasteiger partial charge in [-0.1, -0.05) is 164 Å². The van der Waals surface area contributed by atoms with Crippen molar-refractivity contribution < 1.29 is 0 Å². The van der Waals surface area contributed by atoms with E-state index in [1.165, 1.54) is 54.1 Å². The zero-order valence-electron chi connectivity index (χ0n) is 32.9. The Bertz CT molecular complexity index is 3600. The van der Waals surface area contributed by atoms with Gasteiger partial charge in [0.05, 0.1) is 11.0 Å². The lowest BCUT2D eigenvalue weighted by molar-refractivity contribution is 1.07. The molecule has 3 aromatic heterocycles. The van der Waals surface area contributed by atoms with Gasteiger partial charge in [0.2, 0.25) is 0 Å². The van der Waals surface area contributed by atoms with Crippen LogP contribution < -0.4 is 0 Å². The topological polar surface area (TPSA) is 56.5 Å². The molecule has 0 radical (unpaired) electrons. The van der Waals surface area contributed by atoms with Crippen molar-refractivity contribution in [3.8, 4) is 62.1 Å². The van der Waals surface area contributed by atoms with Crippen molar-refractivity contribution in [1.82, 2.24) is 24.5 Å². The zero-order chi connectivity index (χ0) is 40.3. The summed E-state index contributed by atoms with van der Waals surface area (Å²) >= 11 is 0. The molecule has 0 fully saturated rings. The number of para-hydroxylation sites is 2. The number of pyridine rings is 1. The van der Waals surface area contributed by atoms with Gasteiger partial charge < -0.3 is 4.57 Å². The van der Waals surface area contributed by atoms with Crippen LogP contribution >= 0.6 is 0 Å². The normalized spacial score (nSPS) is 11.6. The molecule has 5 heteroatoms. The van der Waals surface area contributed by atoms with Crippen LogP contribution in [0.15, 0.2) is 213 Å². The predicted octanol–water partition coefficient (Wildman–Crippen LogP) is 14.2. The van der Waals surface area contributed by atoms with Gasteiger partial charge in [0.1, 0.15) is 0 Å². The molecule has 0 aliphatic rings. The Hall–Kier alpha value is -8.28. The fourth-order valence-electron chi connectivity index (χ4n) is 9.04. The van der Waals surface area contributed by atoms with Crippen molar-refractivity contribution >= 4 is 54.1 Å². The summed E-state index contributed by atoms with van der Waals surface area (Å²) in [5.74, 6) is 1.89. The molecular formula is C56H35N5. The third-order valence-electron chi connectivity index (χ3n) is 11.9. The summed E-state index contributed by atoms with van der Waals surface area (Å²) in [4.78, 5) is 19.2. The lowest BCUT2D eigenvalue weighted by Gasteiger charge is -2.15. The fourth-order valence-corrected chi connectivity index (χ4v) is 9.04. The van der Waals surface area contributed by atoms with Gasteiger partial charge in [0, 0.05) is 50.9 Å². The van der Waals surface area contributed by atoms with Gasteiger partial charge in [-0.3, -0.25) is 4.98 Å². The van der Waals surface area contributed by atoms with Crippen LogP contribution in [-0.2, 0) is 0 Å². The molecule has 61 heavy (non-hydrogen) atoms. The van der Waals surface area contributed by atoms with Crippen molar-refractivity contribution in [3.63, 3.8) is 0 Å². The first-order valence-corrected chi connectivity index (χ1v) is 20.5. The third kappa shape index (κ3) is 5.86. The number of hydrogen-bond acceptors (Lipinski definition) is 4. The van der Waals surface area contributed by atoms with E-state index in [1.54, 1.807) is 0 Å². The Balaban J connectivity index is 0.992. The first-order valence-electron chi connectivity index (χ1n) is 20.5. The van der Waals surface area contributed by atoms with Gasteiger partial charge in [-0.2, -0.15) is 0 Å². The summed E-state index contributed by atoms with van der Waals surface area (Å²) in [5, 5.41) is 9.97. The Morgan fingerprint density at radius 1 is 0.295 bits per heavy atom. The number of aromatic nitrogens is 5. The van der Waals surface area contributed by atoms with Crippen LogP contribution in [0.5, 0.6) is 0 Å². The number of fused-ring (bicyclic) bond motifs is 10. The molecule has 0 atom stereocenters. The second-order valence-electron chi connectivity index (χ2n) is 15.4. The molecule has 12 rings (SSSR count). The number of nitrogens with zero attached hydrogens (tertiary/aromatic N) is 5. The first-order chi connectivity index (χ1) is 30.2. The summed E-state index contributed by atoms with van der Waals surface area (Å²) in [6, 6.07) is 71.0. The van der Waals surface area contributed by atoms with Crippen LogP contribution in [0.4, 0.5) is 0 Å². The molecule has 0 saturated heterocycles. The van der Waals surface area contributed by atoms with Crippen LogP contribution in [0.2, 0.25) is 0 Å². The van der Waals surface area contributed by atoms with Crippen LogP contribution in [0.25, 0.3) is 116 Å². The molecular weight excluding hydrogens is 743 g/mol. The van der Waals surface area contributed by atoms with E-state index in [0.717, 1.165) is 44.6 Å². The van der Waals surface area contributed by atoms with E-state index in [2.05, 4.69) is 167 Å². The van der Waals surface area contributed by atoms with E-state index in [-0.39, 0.29) is 0 Å². The molecule has 0 amide bonds. The predicted molar refractivity (Wildman–Crippen MR) is 252 cm³/mol. The largest absolute Gasteiger partial charge is 0.309 e. The van der Waals surface area contributed by atoms with E-state index in [0.29, 0.717) is 17.5 Å². The van der Waals surface area contributed by atoms with Gasteiger partial charge in [-0.05, 0) is 85.6 Å². The maximum atomic E-state index is 5.04. The van der Waals surface area contributed by atoms with Gasteiger partial charge in [-0.15, -0.1) is 0 Å². The minimum Gasteiger partial charge on any atom is -0.309 e. The second kappa shape index (κ2) is 14.2. The van der Waals surface area contributed by atoms with E-state index < -0.39 is 0 Å². The van der Waals surface area contributed by atoms with Gasteiger partial charge >= 0.3 is 0 Å². The molecule has 0 N–H and O–H groups in total. The third-order valence-corrected chi connectivity index (χ3v) is 11.9. The maximum Gasteiger partial charge on any atom is 0.164 e. The lowest BCUT2D eigenvalue weighted by atomic mass is 9.90. The van der Waals surface area contributed by atoms with Crippen LogP contribution in [0, 0.1) is 0 Å². The highest BCUT2D eigenvalue weighted by atomic mass is 15.0. The second-order valence-corrected chi connectivity index (χ2v) is 15.4. The summed E-state index contributed by atoms with van der Waals surface area (Å²) in [7, 11) is 0. The molecule has 3 heterocycles. The molecule has 5 nitrogen and oxygen atoms in total. The van der Waals surface area contributed by atoms with Crippen LogP contribution in [0.3, 0.4) is 0 Å². The molecule has 284 valence electrons. The van der Waals surface area contributed by atoms with Crippen molar-refractivity contribution in [2.75, 3.05) is 0 Å². The molecule has 0 unspecified atom stereocenters. The Labute approximate surface area is 351 Å². The monoisotopic (exact) mass is 777 g/mol. The van der Waals surface area contributed by atoms with Gasteiger partial charge in [-0.25, -0.2) is 15.0 Å². The minimum absolute atomic E-state index is 0.627. The highest BCUT2D eigenvalue weighted by Crippen LogP contribution is 2.44. The van der Waals surface area contributed by atoms with E-state index in [1.807, 2.05) is 54.9 Å². The maximum absolute atomic E-state index is 5.04. The van der Waals surface area contributed by atoms with E-state index >= 15 is 0 Å². The lowest BCUT2D eigenvalue weighted by Crippen LogP contribution is -2.00. The van der Waals surface area contributed by atoms with Crippen molar-refractivity contribution in [3.05, 3.63) is 213 Å². The average molecular weight is 778 g/mol. The van der Waals surface area contributed by atoms with E-state index in [9.17, 15) is 0 Å². The minimum atomic E-state index is 0.627. The molecule has 12 aromatic rings. The molecule has 0 aliphatic heterocycles. The Morgan fingerprint density at radius 3 is 1.39 bits per heavy atom. The first kappa shape index (κ1) is 34.7. The Morgan fingerprint density at radius 2 is 0.738 bits per heavy atom. The summed E-state index contributed by atoms with van der Waals surface area (Å²) in [6.07, 6.45) is 3.62. The van der Waals surface area contributed by atoms with Crippen LogP contribution in [-0.4, -0.2) is 24.5 Å². The van der Waals surface area contributed by atoms with Crippen molar-refractivity contribution in [2.45, 2.75) is 0 Å². The van der Waals surface area contributed by atoms with Gasteiger partial charge in [0.15, 0.2) is 17.5 Å². The molecule has 0 aliphatic carbocycles. The number of benzene rings is 9. The standard InChI is InChI=1S/C56H35N5/c1-3-11-39(12-4-1)54-58-55(40-23-19-36(20-24-40)38-31-33-57-34-32-38)60-56(59-54)41-25-21-37(22-26-41)42-27-28-48-50(35-42)45-16-8-7-15-44(45)47-29-30-49-46-17-9-10-18-51(46)61(53(49)52(47)48)43-13-5-2-6-14-43/h1-35H. The van der Waals surface area contributed by atoms with Crippen molar-refractivity contribution in [1.29, 1.82) is 0 Å². The highest BCUT2D eigenvalue weighted by molar-refractivity contribution is 6.33. The number of hydrogen-bond donors (Lipinski definition) is 0. The molecule has 9 aromatic carbocycles. The van der Waals surface area contributed by atoms with Crippen molar-refractivity contribution in [2.24, 2.45) is 0 Å². The van der Waals surface area contributed by atoms with Gasteiger partial charge in [0.25, 0.3) is 0 Å². The molecule has 0 saturated carbocycles. The highest BCUT2D eigenvalue weighted by Gasteiger charge is 2.19. The summed E-state index contributed by atoms with van der Waals surface area (Å²) < 4.78 is 2.45. The zero-order valence-corrected chi connectivity index (χ0v) is 32.9.